The molecule has 0 aromatic rings. The highest BCUT2D eigenvalue weighted by molar-refractivity contribution is 5.84. The minimum absolute atomic E-state index is 0.0593. The SMILES string of the molecule is CCCC(C)C(=O)C1CC(C)(C)OC1(C)C. The summed E-state index contributed by atoms with van der Waals surface area (Å²) in [6.07, 6.45) is 2.92. The van der Waals surface area contributed by atoms with Crippen LogP contribution in [-0.4, -0.2) is 17.0 Å². The fourth-order valence-corrected chi connectivity index (χ4v) is 2.92. The highest BCUT2D eigenvalue weighted by Gasteiger charge is 2.49. The summed E-state index contributed by atoms with van der Waals surface area (Å²) in [4.78, 5) is 12.4. The Morgan fingerprint density at radius 2 is 1.94 bits per heavy atom. The number of carbonyl (C=O) groups excluding carboxylic acids is 1. The number of Topliss-reactive ketones (excluding diaryl/α,β-unsaturated/α-hetero) is 1. The summed E-state index contributed by atoms with van der Waals surface area (Å²) >= 11 is 0. The molecule has 0 N–H and O–H groups in total. The summed E-state index contributed by atoms with van der Waals surface area (Å²) in [5.74, 6) is 0.619. The molecule has 0 aliphatic carbocycles. The van der Waals surface area contributed by atoms with E-state index in [0.29, 0.717) is 5.78 Å². The monoisotopic (exact) mass is 226 g/mol. The molecule has 2 nitrogen and oxygen atoms in total. The number of ketones is 1. The summed E-state index contributed by atoms with van der Waals surface area (Å²) in [7, 11) is 0. The van der Waals surface area contributed by atoms with Gasteiger partial charge in [-0.05, 0) is 40.5 Å². The number of hydrogen-bond donors (Lipinski definition) is 0. The van der Waals surface area contributed by atoms with E-state index in [0.717, 1.165) is 19.3 Å². The van der Waals surface area contributed by atoms with Gasteiger partial charge >= 0.3 is 0 Å². The van der Waals surface area contributed by atoms with Crippen LogP contribution in [-0.2, 0) is 9.53 Å². The first-order valence-corrected chi connectivity index (χ1v) is 6.43. The highest BCUT2D eigenvalue weighted by Crippen LogP contribution is 2.43. The van der Waals surface area contributed by atoms with Crippen LogP contribution in [0.4, 0.5) is 0 Å². The van der Waals surface area contributed by atoms with Gasteiger partial charge in [0, 0.05) is 11.8 Å². The van der Waals surface area contributed by atoms with Crippen LogP contribution in [0.25, 0.3) is 0 Å². The molecule has 1 aliphatic rings. The zero-order chi connectivity index (χ0) is 12.6. The average molecular weight is 226 g/mol. The van der Waals surface area contributed by atoms with Gasteiger partial charge in [-0.15, -0.1) is 0 Å². The molecule has 0 aromatic carbocycles. The van der Waals surface area contributed by atoms with Crippen molar-refractivity contribution in [3.05, 3.63) is 0 Å². The van der Waals surface area contributed by atoms with E-state index in [9.17, 15) is 4.79 Å². The van der Waals surface area contributed by atoms with E-state index < -0.39 is 0 Å². The lowest BCUT2D eigenvalue weighted by atomic mass is 9.79. The van der Waals surface area contributed by atoms with Gasteiger partial charge in [0.05, 0.1) is 11.2 Å². The molecule has 2 atom stereocenters. The van der Waals surface area contributed by atoms with Crippen molar-refractivity contribution in [1.82, 2.24) is 0 Å². The lowest BCUT2D eigenvalue weighted by Crippen LogP contribution is -2.36. The largest absolute Gasteiger partial charge is 0.369 e. The molecule has 0 spiro atoms. The first kappa shape index (κ1) is 13.7. The number of rotatable bonds is 4. The molecule has 0 saturated carbocycles. The summed E-state index contributed by atoms with van der Waals surface area (Å²) in [5, 5.41) is 0. The van der Waals surface area contributed by atoms with Crippen LogP contribution >= 0.6 is 0 Å². The lowest BCUT2D eigenvalue weighted by molar-refractivity contribution is -0.133. The Morgan fingerprint density at radius 1 is 1.38 bits per heavy atom. The molecule has 94 valence electrons. The van der Waals surface area contributed by atoms with E-state index in [2.05, 4.69) is 20.8 Å². The lowest BCUT2D eigenvalue weighted by Gasteiger charge is -2.28. The third kappa shape index (κ3) is 2.85. The zero-order valence-corrected chi connectivity index (χ0v) is 11.6. The van der Waals surface area contributed by atoms with Gasteiger partial charge in [-0.2, -0.15) is 0 Å². The third-order valence-electron chi connectivity index (χ3n) is 3.63. The van der Waals surface area contributed by atoms with Gasteiger partial charge in [0.1, 0.15) is 5.78 Å². The number of hydrogen-bond acceptors (Lipinski definition) is 2. The predicted molar refractivity (Wildman–Crippen MR) is 66.4 cm³/mol. The van der Waals surface area contributed by atoms with Gasteiger partial charge in [0.25, 0.3) is 0 Å². The molecule has 0 amide bonds. The molecule has 1 saturated heterocycles. The second-order valence-electron chi connectivity index (χ2n) is 6.31. The van der Waals surface area contributed by atoms with Crippen LogP contribution in [0.5, 0.6) is 0 Å². The second kappa shape index (κ2) is 4.48. The van der Waals surface area contributed by atoms with Crippen LogP contribution in [0.1, 0.15) is 60.8 Å². The Hall–Kier alpha value is -0.370. The first-order valence-electron chi connectivity index (χ1n) is 6.43. The van der Waals surface area contributed by atoms with Crippen molar-refractivity contribution in [1.29, 1.82) is 0 Å². The van der Waals surface area contributed by atoms with E-state index in [1.165, 1.54) is 0 Å². The Balaban J connectivity index is 2.77. The van der Waals surface area contributed by atoms with E-state index in [1.54, 1.807) is 0 Å². The van der Waals surface area contributed by atoms with Crippen molar-refractivity contribution in [2.45, 2.75) is 72.0 Å². The van der Waals surface area contributed by atoms with Crippen molar-refractivity contribution >= 4 is 5.78 Å². The fourth-order valence-electron chi connectivity index (χ4n) is 2.92. The van der Waals surface area contributed by atoms with Crippen molar-refractivity contribution in [2.24, 2.45) is 11.8 Å². The predicted octanol–water partition coefficient (Wildman–Crippen LogP) is 3.59. The van der Waals surface area contributed by atoms with Crippen LogP contribution < -0.4 is 0 Å². The van der Waals surface area contributed by atoms with Gasteiger partial charge in [-0.25, -0.2) is 0 Å². The molecular weight excluding hydrogens is 200 g/mol. The van der Waals surface area contributed by atoms with Crippen molar-refractivity contribution in [2.75, 3.05) is 0 Å². The smallest absolute Gasteiger partial charge is 0.141 e. The molecule has 1 rings (SSSR count). The van der Waals surface area contributed by atoms with Crippen LogP contribution in [0.3, 0.4) is 0 Å². The molecule has 0 aromatic heterocycles. The topological polar surface area (TPSA) is 26.3 Å². The van der Waals surface area contributed by atoms with E-state index in [-0.39, 0.29) is 23.0 Å². The molecular formula is C14H26O2. The average Bonchev–Trinajstić information content (AvgIpc) is 2.33. The van der Waals surface area contributed by atoms with Gasteiger partial charge in [-0.3, -0.25) is 4.79 Å². The number of carbonyl (C=O) groups is 1. The number of ether oxygens (including phenoxy) is 1. The maximum absolute atomic E-state index is 12.4. The summed E-state index contributed by atoms with van der Waals surface area (Å²) in [6.45, 7) is 12.4. The van der Waals surface area contributed by atoms with Gasteiger partial charge in [0.2, 0.25) is 0 Å². The van der Waals surface area contributed by atoms with Gasteiger partial charge in [-0.1, -0.05) is 20.3 Å². The van der Waals surface area contributed by atoms with Crippen LogP contribution in [0, 0.1) is 11.8 Å². The molecule has 16 heavy (non-hydrogen) atoms. The molecule has 1 heterocycles. The molecule has 2 unspecified atom stereocenters. The molecule has 0 bridgehead atoms. The Kier molecular flexibility index (Phi) is 3.83. The van der Waals surface area contributed by atoms with Crippen LogP contribution in [0.15, 0.2) is 0 Å². The first-order chi connectivity index (χ1) is 7.19. The van der Waals surface area contributed by atoms with Crippen molar-refractivity contribution < 1.29 is 9.53 Å². The van der Waals surface area contributed by atoms with Crippen molar-refractivity contribution in [3.8, 4) is 0 Å². The summed E-state index contributed by atoms with van der Waals surface area (Å²) < 4.78 is 5.98. The highest BCUT2D eigenvalue weighted by atomic mass is 16.5. The minimum atomic E-state index is -0.303. The van der Waals surface area contributed by atoms with Gasteiger partial charge < -0.3 is 4.74 Å². The van der Waals surface area contributed by atoms with Crippen molar-refractivity contribution in [3.63, 3.8) is 0 Å². The van der Waals surface area contributed by atoms with Crippen LogP contribution in [0.2, 0.25) is 0 Å². The zero-order valence-electron chi connectivity index (χ0n) is 11.6. The standard InChI is InChI=1S/C14H26O2/c1-7-8-10(2)12(15)11-9-13(3,4)16-14(11,5)6/h10-11H,7-9H2,1-6H3. The Bertz CT molecular complexity index is 266. The molecule has 1 fully saturated rings. The third-order valence-corrected chi connectivity index (χ3v) is 3.63. The summed E-state index contributed by atoms with van der Waals surface area (Å²) in [5.41, 5.74) is -0.460. The van der Waals surface area contributed by atoms with E-state index >= 15 is 0 Å². The van der Waals surface area contributed by atoms with E-state index in [1.807, 2.05) is 20.8 Å². The molecule has 2 heteroatoms. The second-order valence-corrected chi connectivity index (χ2v) is 6.31. The Morgan fingerprint density at radius 3 is 2.31 bits per heavy atom. The summed E-state index contributed by atoms with van der Waals surface area (Å²) in [6, 6.07) is 0. The Labute approximate surface area is 99.8 Å². The van der Waals surface area contributed by atoms with Gasteiger partial charge in [0.15, 0.2) is 0 Å². The minimum Gasteiger partial charge on any atom is -0.369 e. The van der Waals surface area contributed by atoms with E-state index in [4.69, 9.17) is 4.74 Å². The fraction of sp³-hybridized carbons (Fsp3) is 0.929. The maximum atomic E-state index is 12.4. The maximum Gasteiger partial charge on any atom is 0.141 e. The molecule has 0 radical (unpaired) electrons. The quantitative estimate of drug-likeness (QED) is 0.732. The normalized spacial score (nSPS) is 29.0. The molecule has 1 aliphatic heterocycles.